The second-order valence-corrected chi connectivity index (χ2v) is 7.41. The van der Waals surface area contributed by atoms with Crippen molar-refractivity contribution in [3.05, 3.63) is 28.2 Å². The van der Waals surface area contributed by atoms with Crippen molar-refractivity contribution < 1.29 is 14.5 Å². The van der Waals surface area contributed by atoms with E-state index in [1.807, 2.05) is 0 Å². The van der Waals surface area contributed by atoms with Gasteiger partial charge in [0.15, 0.2) is 13.1 Å². The fourth-order valence-electron chi connectivity index (χ4n) is 2.63. The number of carbonyl (C=O) groups excluding carboxylic acids is 2. The molecule has 1 saturated carbocycles. The Bertz CT molecular complexity index is 695. The summed E-state index contributed by atoms with van der Waals surface area (Å²) in [6.07, 6.45) is 1.90. The van der Waals surface area contributed by atoms with E-state index in [-0.39, 0.29) is 30.8 Å². The highest BCUT2D eigenvalue weighted by Crippen LogP contribution is 2.39. The molecule has 0 bridgehead atoms. The van der Waals surface area contributed by atoms with Crippen molar-refractivity contribution in [2.24, 2.45) is 5.92 Å². The van der Waals surface area contributed by atoms with Gasteiger partial charge in [-0.1, -0.05) is 29.3 Å². The van der Waals surface area contributed by atoms with Crippen molar-refractivity contribution in [3.8, 4) is 6.07 Å². The second-order valence-electron chi connectivity index (χ2n) is 6.59. The van der Waals surface area contributed by atoms with E-state index in [1.54, 1.807) is 32.2 Å². The van der Waals surface area contributed by atoms with Crippen LogP contribution in [0.4, 0.5) is 5.69 Å². The number of nitrogens with zero attached hydrogens (tertiary/aromatic N) is 1. The largest absolute Gasteiger partial charge is 0.333 e. The second kappa shape index (κ2) is 8.05. The number of para-hydroxylation sites is 1. The van der Waals surface area contributed by atoms with Crippen LogP contribution in [0.25, 0.3) is 0 Å². The Kier molecular flexibility index (Phi) is 6.28. The van der Waals surface area contributed by atoms with Crippen LogP contribution in [-0.2, 0) is 9.59 Å². The number of hydrogen-bond acceptors (Lipinski definition) is 3. The predicted molar refractivity (Wildman–Crippen MR) is 96.6 cm³/mol. The minimum atomic E-state index is -0.829. The van der Waals surface area contributed by atoms with E-state index < -0.39 is 5.54 Å². The summed E-state index contributed by atoms with van der Waals surface area (Å²) in [5.41, 5.74) is -0.469. The van der Waals surface area contributed by atoms with Gasteiger partial charge in [-0.2, -0.15) is 5.26 Å². The van der Waals surface area contributed by atoms with E-state index in [4.69, 9.17) is 23.2 Å². The van der Waals surface area contributed by atoms with E-state index >= 15 is 0 Å². The van der Waals surface area contributed by atoms with Gasteiger partial charge in [-0.05, 0) is 37.8 Å². The fraction of sp³-hybridized carbons (Fsp3) is 0.471. The van der Waals surface area contributed by atoms with Crippen LogP contribution in [0.1, 0.15) is 19.8 Å². The number of rotatable bonds is 7. The minimum Gasteiger partial charge on any atom is -0.333 e. The van der Waals surface area contributed by atoms with Gasteiger partial charge in [0.2, 0.25) is 0 Å². The Morgan fingerprint density at radius 3 is 2.36 bits per heavy atom. The van der Waals surface area contributed by atoms with Crippen LogP contribution >= 0.6 is 23.2 Å². The van der Waals surface area contributed by atoms with Gasteiger partial charge in [-0.25, -0.2) is 0 Å². The molecule has 1 aromatic rings. The summed E-state index contributed by atoms with van der Waals surface area (Å²) >= 11 is 12.0. The molecule has 1 fully saturated rings. The maximum Gasteiger partial charge on any atom is 0.279 e. The van der Waals surface area contributed by atoms with Gasteiger partial charge in [-0.15, -0.1) is 0 Å². The van der Waals surface area contributed by atoms with Gasteiger partial charge in [-0.3, -0.25) is 9.59 Å². The lowest BCUT2D eigenvalue weighted by atomic mass is 9.98. The molecular weight excluding hydrogens is 363 g/mol. The predicted octanol–water partition coefficient (Wildman–Crippen LogP) is 1.26. The molecular formula is C17H21Cl2N4O2+. The number of nitrogens with one attached hydrogen (secondary N) is 3. The van der Waals surface area contributed by atoms with E-state index in [9.17, 15) is 14.9 Å². The molecule has 0 spiro atoms. The molecule has 1 aromatic carbocycles. The van der Waals surface area contributed by atoms with Gasteiger partial charge < -0.3 is 15.5 Å². The molecule has 8 heteroatoms. The maximum atomic E-state index is 12.2. The first-order valence-electron chi connectivity index (χ1n) is 8.02. The highest BCUT2D eigenvalue weighted by atomic mass is 35.5. The normalized spacial score (nSPS) is 17.1. The molecule has 2 rings (SSSR count). The molecule has 25 heavy (non-hydrogen) atoms. The number of quaternary nitrogens is 1. The Labute approximate surface area is 157 Å². The molecule has 1 unspecified atom stereocenters. The van der Waals surface area contributed by atoms with Crippen molar-refractivity contribution in [2.45, 2.75) is 25.3 Å². The number of carbonyl (C=O) groups is 2. The van der Waals surface area contributed by atoms with Crippen molar-refractivity contribution in [2.75, 3.05) is 25.5 Å². The number of benzene rings is 1. The van der Waals surface area contributed by atoms with E-state index in [0.717, 1.165) is 12.8 Å². The van der Waals surface area contributed by atoms with E-state index in [1.165, 1.54) is 0 Å². The number of nitriles is 1. The number of hydrogen-bond donors (Lipinski definition) is 3. The highest BCUT2D eigenvalue weighted by Gasteiger charge is 2.43. The van der Waals surface area contributed by atoms with Gasteiger partial charge in [0.25, 0.3) is 11.8 Å². The Balaban J connectivity index is 1.85. The Morgan fingerprint density at radius 2 is 1.84 bits per heavy atom. The Hall–Kier alpha value is -1.81. The molecule has 134 valence electrons. The van der Waals surface area contributed by atoms with Gasteiger partial charge in [0, 0.05) is 0 Å². The van der Waals surface area contributed by atoms with E-state index in [2.05, 4.69) is 16.7 Å². The van der Waals surface area contributed by atoms with Crippen molar-refractivity contribution in [3.63, 3.8) is 0 Å². The number of halogens is 2. The minimum absolute atomic E-state index is 0.0711. The molecule has 2 amide bonds. The summed E-state index contributed by atoms with van der Waals surface area (Å²) in [7, 11) is 1.73. The fourth-order valence-corrected chi connectivity index (χ4v) is 3.12. The molecule has 6 nitrogen and oxygen atoms in total. The number of anilines is 1. The first-order chi connectivity index (χ1) is 11.7. The lowest BCUT2D eigenvalue weighted by Crippen LogP contribution is -3.11. The van der Waals surface area contributed by atoms with E-state index in [0.29, 0.717) is 20.6 Å². The van der Waals surface area contributed by atoms with Crippen molar-refractivity contribution in [1.29, 1.82) is 5.26 Å². The zero-order chi connectivity index (χ0) is 18.6. The van der Waals surface area contributed by atoms with Crippen LogP contribution in [0.3, 0.4) is 0 Å². The molecule has 0 aromatic heterocycles. The third-order valence-corrected chi connectivity index (χ3v) is 4.81. The zero-order valence-corrected chi connectivity index (χ0v) is 15.7. The topological polar surface area (TPSA) is 86.4 Å². The summed E-state index contributed by atoms with van der Waals surface area (Å²) in [5.74, 6) is -0.338. The van der Waals surface area contributed by atoms with Crippen LogP contribution < -0.4 is 15.5 Å². The van der Waals surface area contributed by atoms with Crippen LogP contribution in [0.2, 0.25) is 10.0 Å². The smallest absolute Gasteiger partial charge is 0.279 e. The van der Waals surface area contributed by atoms with Crippen LogP contribution in [-0.4, -0.2) is 37.5 Å². The standard InChI is InChI=1S/C17H20Cl2N4O2/c1-17(10-20,11-6-7-11)22-15(25)9-23(2)8-14(24)21-16-12(18)4-3-5-13(16)19/h3-5,11H,6-9H2,1-2H3,(H,21,24)(H,22,25)/p+1/t17-/m0/s1. The number of likely N-dealkylation sites (N-methyl/N-ethyl adjacent to an activating group) is 1. The van der Waals surface area contributed by atoms with Crippen molar-refractivity contribution in [1.82, 2.24) is 5.32 Å². The quantitative estimate of drug-likeness (QED) is 0.662. The summed E-state index contributed by atoms with van der Waals surface area (Å²) in [6.45, 7) is 1.90. The summed E-state index contributed by atoms with van der Waals surface area (Å²) in [4.78, 5) is 25.0. The average Bonchev–Trinajstić information content (AvgIpc) is 3.35. The molecule has 1 aliphatic carbocycles. The van der Waals surface area contributed by atoms with Crippen molar-refractivity contribution >= 4 is 40.7 Å². The Morgan fingerprint density at radius 1 is 1.28 bits per heavy atom. The highest BCUT2D eigenvalue weighted by molar-refractivity contribution is 6.39. The first-order valence-corrected chi connectivity index (χ1v) is 8.78. The van der Waals surface area contributed by atoms with Gasteiger partial charge >= 0.3 is 0 Å². The van der Waals surface area contributed by atoms with Gasteiger partial charge in [0.1, 0.15) is 5.54 Å². The number of amides is 2. The molecule has 2 atom stereocenters. The average molecular weight is 384 g/mol. The van der Waals surface area contributed by atoms with Crippen LogP contribution in [0.5, 0.6) is 0 Å². The summed E-state index contributed by atoms with van der Waals surface area (Å²) in [6, 6.07) is 7.13. The molecule has 0 radical (unpaired) electrons. The lowest BCUT2D eigenvalue weighted by molar-refractivity contribution is -0.862. The third kappa shape index (κ3) is 5.33. The first kappa shape index (κ1) is 19.5. The van der Waals surface area contributed by atoms with Crippen LogP contribution in [0.15, 0.2) is 18.2 Å². The van der Waals surface area contributed by atoms with Crippen LogP contribution in [0, 0.1) is 17.2 Å². The molecule has 1 aliphatic rings. The molecule has 0 saturated heterocycles. The SMILES string of the molecule is C[NH+](CC(=O)Nc1c(Cl)cccc1Cl)CC(=O)N[C@@](C)(C#N)C1CC1. The zero-order valence-electron chi connectivity index (χ0n) is 14.2. The lowest BCUT2D eigenvalue weighted by Gasteiger charge is -2.23. The summed E-state index contributed by atoms with van der Waals surface area (Å²) in [5, 5.41) is 15.4. The summed E-state index contributed by atoms with van der Waals surface area (Å²) < 4.78 is 0. The monoisotopic (exact) mass is 383 g/mol. The third-order valence-electron chi connectivity index (χ3n) is 4.18. The molecule has 3 N–H and O–H groups in total. The molecule has 0 heterocycles. The van der Waals surface area contributed by atoms with Gasteiger partial charge in [0.05, 0.1) is 28.8 Å². The maximum absolute atomic E-state index is 12.2. The molecule has 0 aliphatic heterocycles.